The molecular formula is C23H36N4O. The SMILES string of the molecule is CN=C(NCC(C)c1cccc(C)c1)NC1CCN(C(=O)C2CCCCC2)C1. The molecule has 1 aliphatic heterocycles. The molecule has 5 heteroatoms. The molecule has 2 unspecified atom stereocenters. The number of aryl methyl sites for hydroxylation is 1. The highest BCUT2D eigenvalue weighted by Gasteiger charge is 2.31. The van der Waals surface area contributed by atoms with E-state index in [0.717, 1.165) is 44.9 Å². The molecule has 0 radical (unpaired) electrons. The Hall–Kier alpha value is -2.04. The molecule has 28 heavy (non-hydrogen) atoms. The van der Waals surface area contributed by atoms with Crippen LogP contribution < -0.4 is 10.6 Å². The van der Waals surface area contributed by atoms with Gasteiger partial charge in [-0.15, -0.1) is 0 Å². The second-order valence-corrected chi connectivity index (χ2v) is 8.52. The topological polar surface area (TPSA) is 56.7 Å². The van der Waals surface area contributed by atoms with Crippen LogP contribution in [0.1, 0.15) is 62.5 Å². The van der Waals surface area contributed by atoms with Crippen molar-refractivity contribution in [2.24, 2.45) is 10.9 Å². The van der Waals surface area contributed by atoms with E-state index in [-0.39, 0.29) is 12.0 Å². The van der Waals surface area contributed by atoms with Gasteiger partial charge >= 0.3 is 0 Å². The predicted molar refractivity (Wildman–Crippen MR) is 116 cm³/mol. The molecule has 0 bridgehead atoms. The number of carbonyl (C=O) groups excluding carboxylic acids is 1. The summed E-state index contributed by atoms with van der Waals surface area (Å²) in [6, 6.07) is 8.96. The van der Waals surface area contributed by atoms with Crippen LogP contribution in [-0.4, -0.2) is 49.5 Å². The van der Waals surface area contributed by atoms with Gasteiger partial charge in [0.2, 0.25) is 5.91 Å². The minimum Gasteiger partial charge on any atom is -0.356 e. The number of rotatable bonds is 5. The van der Waals surface area contributed by atoms with Crippen LogP contribution in [0.4, 0.5) is 0 Å². The van der Waals surface area contributed by atoms with E-state index in [2.05, 4.69) is 58.6 Å². The molecule has 2 fully saturated rings. The Morgan fingerprint density at radius 1 is 1.25 bits per heavy atom. The van der Waals surface area contributed by atoms with Crippen LogP contribution in [-0.2, 0) is 4.79 Å². The number of likely N-dealkylation sites (tertiary alicyclic amines) is 1. The molecule has 1 aromatic rings. The first-order valence-corrected chi connectivity index (χ1v) is 10.9. The number of carbonyl (C=O) groups is 1. The van der Waals surface area contributed by atoms with E-state index < -0.39 is 0 Å². The Bertz CT molecular complexity index is 681. The molecule has 5 nitrogen and oxygen atoms in total. The molecule has 1 aliphatic carbocycles. The molecule has 154 valence electrons. The lowest BCUT2D eigenvalue weighted by molar-refractivity contribution is -0.135. The van der Waals surface area contributed by atoms with Crippen LogP contribution in [0, 0.1) is 12.8 Å². The van der Waals surface area contributed by atoms with Crippen LogP contribution in [0.15, 0.2) is 29.3 Å². The van der Waals surface area contributed by atoms with Crippen molar-refractivity contribution in [2.75, 3.05) is 26.7 Å². The zero-order valence-corrected chi connectivity index (χ0v) is 17.7. The lowest BCUT2D eigenvalue weighted by atomic mass is 9.88. The Labute approximate surface area is 170 Å². The van der Waals surface area contributed by atoms with E-state index in [1.54, 1.807) is 0 Å². The maximum absolute atomic E-state index is 12.8. The monoisotopic (exact) mass is 384 g/mol. The van der Waals surface area contributed by atoms with Crippen LogP contribution in [0.5, 0.6) is 0 Å². The molecule has 1 amide bonds. The van der Waals surface area contributed by atoms with E-state index >= 15 is 0 Å². The standard InChI is InChI=1S/C23H36N4O/c1-17-8-7-11-20(14-17)18(2)15-25-23(24-3)26-21-12-13-27(16-21)22(28)19-9-5-4-6-10-19/h7-8,11,14,18-19,21H,4-6,9-10,12-13,15-16H2,1-3H3,(H2,24,25,26). The second kappa shape index (κ2) is 9.94. The first-order valence-electron chi connectivity index (χ1n) is 10.9. The molecule has 2 atom stereocenters. The van der Waals surface area contributed by atoms with E-state index in [4.69, 9.17) is 0 Å². The zero-order valence-electron chi connectivity index (χ0n) is 17.7. The third kappa shape index (κ3) is 5.49. The molecular weight excluding hydrogens is 348 g/mol. The van der Waals surface area contributed by atoms with Gasteiger partial charge in [0.05, 0.1) is 0 Å². The molecule has 1 saturated carbocycles. The smallest absolute Gasteiger partial charge is 0.225 e. The summed E-state index contributed by atoms with van der Waals surface area (Å²) in [7, 11) is 1.81. The predicted octanol–water partition coefficient (Wildman–Crippen LogP) is 3.44. The number of hydrogen-bond acceptors (Lipinski definition) is 2. The van der Waals surface area contributed by atoms with Crippen molar-refractivity contribution < 1.29 is 4.79 Å². The summed E-state index contributed by atoms with van der Waals surface area (Å²) < 4.78 is 0. The number of hydrogen-bond donors (Lipinski definition) is 2. The van der Waals surface area contributed by atoms with Crippen LogP contribution in [0.2, 0.25) is 0 Å². The van der Waals surface area contributed by atoms with Gasteiger partial charge in [0, 0.05) is 38.6 Å². The summed E-state index contributed by atoms with van der Waals surface area (Å²) in [5.74, 6) is 1.88. The zero-order chi connectivity index (χ0) is 19.9. The van der Waals surface area contributed by atoms with Gasteiger partial charge in [-0.25, -0.2) is 0 Å². The molecule has 0 spiro atoms. The van der Waals surface area contributed by atoms with Crippen molar-refractivity contribution in [3.05, 3.63) is 35.4 Å². The highest BCUT2D eigenvalue weighted by atomic mass is 16.2. The fourth-order valence-electron chi connectivity index (χ4n) is 4.42. The number of benzene rings is 1. The van der Waals surface area contributed by atoms with Gasteiger partial charge in [-0.1, -0.05) is 56.0 Å². The number of aliphatic imine (C=N–C) groups is 1. The molecule has 1 aromatic carbocycles. The Kier molecular flexibility index (Phi) is 7.35. The highest BCUT2D eigenvalue weighted by molar-refractivity contribution is 5.81. The summed E-state index contributed by atoms with van der Waals surface area (Å²) in [5, 5.41) is 6.97. The third-order valence-electron chi connectivity index (χ3n) is 6.21. The lowest BCUT2D eigenvalue weighted by Crippen LogP contribution is -2.46. The molecule has 1 saturated heterocycles. The summed E-state index contributed by atoms with van der Waals surface area (Å²) in [6.07, 6.45) is 6.85. The Morgan fingerprint density at radius 2 is 2.04 bits per heavy atom. The normalized spacial score (nSPS) is 22.2. The quantitative estimate of drug-likeness (QED) is 0.604. The van der Waals surface area contributed by atoms with Crippen molar-refractivity contribution in [3.8, 4) is 0 Å². The average Bonchev–Trinajstić information content (AvgIpc) is 3.19. The number of nitrogens with one attached hydrogen (secondary N) is 2. The van der Waals surface area contributed by atoms with Gasteiger partial charge in [-0.05, 0) is 37.7 Å². The molecule has 1 heterocycles. The number of guanidine groups is 1. The minimum atomic E-state index is 0.264. The highest BCUT2D eigenvalue weighted by Crippen LogP contribution is 2.26. The van der Waals surface area contributed by atoms with E-state index in [0.29, 0.717) is 11.8 Å². The summed E-state index contributed by atoms with van der Waals surface area (Å²) in [5.41, 5.74) is 2.63. The molecule has 0 aromatic heterocycles. The van der Waals surface area contributed by atoms with Crippen molar-refractivity contribution >= 4 is 11.9 Å². The molecule has 2 aliphatic rings. The second-order valence-electron chi connectivity index (χ2n) is 8.52. The fraction of sp³-hybridized carbons (Fsp3) is 0.652. The van der Waals surface area contributed by atoms with Crippen molar-refractivity contribution in [2.45, 2.75) is 64.3 Å². The van der Waals surface area contributed by atoms with E-state index in [1.165, 1.54) is 30.4 Å². The van der Waals surface area contributed by atoms with Crippen molar-refractivity contribution in [3.63, 3.8) is 0 Å². The van der Waals surface area contributed by atoms with Gasteiger partial charge in [-0.3, -0.25) is 9.79 Å². The third-order valence-corrected chi connectivity index (χ3v) is 6.21. The van der Waals surface area contributed by atoms with Gasteiger partial charge in [0.25, 0.3) is 0 Å². The van der Waals surface area contributed by atoms with Gasteiger partial charge in [-0.2, -0.15) is 0 Å². The van der Waals surface area contributed by atoms with Crippen LogP contribution in [0.3, 0.4) is 0 Å². The van der Waals surface area contributed by atoms with Crippen molar-refractivity contribution in [1.29, 1.82) is 0 Å². The van der Waals surface area contributed by atoms with Gasteiger partial charge < -0.3 is 15.5 Å². The number of nitrogens with zero attached hydrogens (tertiary/aromatic N) is 2. The molecule has 3 rings (SSSR count). The largest absolute Gasteiger partial charge is 0.356 e. The average molecular weight is 385 g/mol. The van der Waals surface area contributed by atoms with E-state index in [9.17, 15) is 4.79 Å². The summed E-state index contributed by atoms with van der Waals surface area (Å²) in [4.78, 5) is 19.2. The Morgan fingerprint density at radius 3 is 2.75 bits per heavy atom. The first kappa shape index (κ1) is 20.7. The van der Waals surface area contributed by atoms with Gasteiger partial charge in [0.1, 0.15) is 0 Å². The van der Waals surface area contributed by atoms with Crippen LogP contribution >= 0.6 is 0 Å². The fourth-order valence-corrected chi connectivity index (χ4v) is 4.42. The van der Waals surface area contributed by atoms with Crippen molar-refractivity contribution in [1.82, 2.24) is 15.5 Å². The first-order chi connectivity index (χ1) is 13.6. The lowest BCUT2D eigenvalue weighted by Gasteiger charge is -2.26. The maximum atomic E-state index is 12.8. The summed E-state index contributed by atoms with van der Waals surface area (Å²) in [6.45, 7) is 6.85. The number of amides is 1. The molecule has 2 N–H and O–H groups in total. The van der Waals surface area contributed by atoms with Gasteiger partial charge in [0.15, 0.2) is 5.96 Å². The summed E-state index contributed by atoms with van der Waals surface area (Å²) >= 11 is 0. The minimum absolute atomic E-state index is 0.264. The maximum Gasteiger partial charge on any atom is 0.225 e. The van der Waals surface area contributed by atoms with Crippen LogP contribution in [0.25, 0.3) is 0 Å². The van der Waals surface area contributed by atoms with E-state index in [1.807, 2.05) is 7.05 Å². The Balaban J connectivity index is 1.45.